The highest BCUT2D eigenvalue weighted by molar-refractivity contribution is 9.11. The summed E-state index contributed by atoms with van der Waals surface area (Å²) in [5.41, 5.74) is 7.46. The number of oxime groups is 1. The Bertz CT molecular complexity index is 791. The molecule has 0 aliphatic heterocycles. The Labute approximate surface area is 181 Å². The topological polar surface area (TPSA) is 96.9 Å². The largest absolute Gasteiger partial charge is 0.491 e. The molecular weight excluding hydrogens is 490 g/mol. The van der Waals surface area contributed by atoms with Crippen LogP contribution in [0.25, 0.3) is 0 Å². The molecule has 0 atom stereocenters. The predicted molar refractivity (Wildman–Crippen MR) is 117 cm³/mol. The van der Waals surface area contributed by atoms with E-state index in [4.69, 9.17) is 10.5 Å². The number of amides is 1. The van der Waals surface area contributed by atoms with Crippen LogP contribution in [0.3, 0.4) is 0 Å². The van der Waals surface area contributed by atoms with Gasteiger partial charge in [-0.2, -0.15) is 0 Å². The summed E-state index contributed by atoms with van der Waals surface area (Å²) in [6.07, 6.45) is 1.65. The molecule has 0 aliphatic rings. The molecule has 4 N–H and O–H groups in total. The minimum atomic E-state index is -0.394. The molecule has 0 bridgehead atoms. The highest BCUT2D eigenvalue weighted by atomic mass is 79.9. The van der Waals surface area contributed by atoms with E-state index >= 15 is 0 Å². The Balaban J connectivity index is 1.95. The average Bonchev–Trinajstić information content (AvgIpc) is 2.69. The van der Waals surface area contributed by atoms with Crippen molar-refractivity contribution >= 4 is 43.5 Å². The highest BCUT2D eigenvalue weighted by Gasteiger charge is 2.16. The van der Waals surface area contributed by atoms with Crippen LogP contribution in [0.4, 0.5) is 0 Å². The Morgan fingerprint density at radius 2 is 1.82 bits per heavy atom. The summed E-state index contributed by atoms with van der Waals surface area (Å²) >= 11 is 6.96. The standard InChI is InChI=1S/C20H23Br2N3O3/c21-16-11-15(12-17(22)19(16)28-10-4-8-23)13-18(25-27)20(26)24-9-7-14-5-2-1-3-6-14/h1-3,5-6,11-12,27H,4,7-10,13,23H2,(H,24,26)/b25-18-. The van der Waals surface area contributed by atoms with Gasteiger partial charge in [-0.25, -0.2) is 0 Å². The average molecular weight is 513 g/mol. The number of carbonyl (C=O) groups excluding carboxylic acids is 1. The number of nitrogens with one attached hydrogen (secondary N) is 1. The van der Waals surface area contributed by atoms with Crippen molar-refractivity contribution in [3.05, 3.63) is 62.5 Å². The number of hydrogen-bond acceptors (Lipinski definition) is 5. The molecule has 0 radical (unpaired) electrons. The molecule has 0 heterocycles. The van der Waals surface area contributed by atoms with Crippen LogP contribution < -0.4 is 15.8 Å². The van der Waals surface area contributed by atoms with Gasteiger partial charge in [0.25, 0.3) is 5.91 Å². The Morgan fingerprint density at radius 1 is 1.14 bits per heavy atom. The first-order chi connectivity index (χ1) is 13.5. The molecule has 0 aromatic heterocycles. The van der Waals surface area contributed by atoms with Gasteiger partial charge < -0.3 is 21.0 Å². The van der Waals surface area contributed by atoms with Crippen molar-refractivity contribution < 1.29 is 14.7 Å². The smallest absolute Gasteiger partial charge is 0.269 e. The quantitative estimate of drug-likeness (QED) is 0.196. The van der Waals surface area contributed by atoms with Crippen LogP contribution in [0.2, 0.25) is 0 Å². The molecular formula is C20H23Br2N3O3. The van der Waals surface area contributed by atoms with Crippen molar-refractivity contribution in [3.63, 3.8) is 0 Å². The zero-order chi connectivity index (χ0) is 20.4. The monoisotopic (exact) mass is 511 g/mol. The fourth-order valence-corrected chi connectivity index (χ4v) is 4.04. The second kappa shape index (κ2) is 11.8. The number of carbonyl (C=O) groups is 1. The molecule has 2 aromatic carbocycles. The minimum Gasteiger partial charge on any atom is -0.491 e. The lowest BCUT2D eigenvalue weighted by atomic mass is 10.1. The molecule has 0 aliphatic carbocycles. The van der Waals surface area contributed by atoms with Crippen molar-refractivity contribution in [2.75, 3.05) is 19.7 Å². The van der Waals surface area contributed by atoms with Crippen LogP contribution >= 0.6 is 31.9 Å². The van der Waals surface area contributed by atoms with Crippen LogP contribution in [0.15, 0.2) is 56.6 Å². The third-order valence-corrected chi connectivity index (χ3v) is 5.13. The maximum atomic E-state index is 12.3. The molecule has 150 valence electrons. The van der Waals surface area contributed by atoms with Crippen molar-refractivity contribution in [3.8, 4) is 5.75 Å². The molecule has 0 spiro atoms. The third-order valence-electron chi connectivity index (χ3n) is 3.95. The minimum absolute atomic E-state index is 0.0451. The lowest BCUT2D eigenvalue weighted by Gasteiger charge is -2.12. The molecule has 28 heavy (non-hydrogen) atoms. The van der Waals surface area contributed by atoms with Crippen molar-refractivity contribution in [2.24, 2.45) is 10.9 Å². The summed E-state index contributed by atoms with van der Waals surface area (Å²) in [4.78, 5) is 12.3. The highest BCUT2D eigenvalue weighted by Crippen LogP contribution is 2.35. The first-order valence-corrected chi connectivity index (χ1v) is 10.5. The van der Waals surface area contributed by atoms with Crippen LogP contribution in [-0.4, -0.2) is 36.5 Å². The van der Waals surface area contributed by atoms with E-state index in [9.17, 15) is 10.0 Å². The van der Waals surface area contributed by atoms with Gasteiger partial charge in [0.15, 0.2) is 0 Å². The second-order valence-corrected chi connectivity index (χ2v) is 7.80. The van der Waals surface area contributed by atoms with Gasteiger partial charge in [-0.15, -0.1) is 0 Å². The number of benzene rings is 2. The van der Waals surface area contributed by atoms with Crippen molar-refractivity contribution in [2.45, 2.75) is 19.3 Å². The van der Waals surface area contributed by atoms with E-state index in [1.165, 1.54) is 0 Å². The molecule has 0 saturated carbocycles. The number of nitrogens with zero attached hydrogens (tertiary/aromatic N) is 1. The van der Waals surface area contributed by atoms with Crippen molar-refractivity contribution in [1.29, 1.82) is 0 Å². The zero-order valence-electron chi connectivity index (χ0n) is 15.3. The fraction of sp³-hybridized carbons (Fsp3) is 0.300. The van der Waals surface area contributed by atoms with Gasteiger partial charge in [-0.3, -0.25) is 4.79 Å². The Hall–Kier alpha value is -1.90. The van der Waals surface area contributed by atoms with E-state index in [-0.39, 0.29) is 12.1 Å². The van der Waals surface area contributed by atoms with Gasteiger partial charge in [-0.05, 0) is 74.5 Å². The zero-order valence-corrected chi connectivity index (χ0v) is 18.5. The summed E-state index contributed by atoms with van der Waals surface area (Å²) in [6.45, 7) is 1.53. The summed E-state index contributed by atoms with van der Waals surface area (Å²) in [7, 11) is 0. The number of rotatable bonds is 10. The molecule has 8 heteroatoms. The van der Waals surface area contributed by atoms with Gasteiger partial charge in [0, 0.05) is 13.0 Å². The van der Waals surface area contributed by atoms with Crippen LogP contribution in [0.5, 0.6) is 5.75 Å². The van der Waals surface area contributed by atoms with Crippen LogP contribution in [0.1, 0.15) is 17.5 Å². The molecule has 1 amide bonds. The maximum absolute atomic E-state index is 12.3. The van der Waals surface area contributed by atoms with Gasteiger partial charge in [-0.1, -0.05) is 35.5 Å². The summed E-state index contributed by atoms with van der Waals surface area (Å²) in [6, 6.07) is 13.5. The molecule has 2 rings (SSSR count). The third kappa shape index (κ3) is 6.92. The summed E-state index contributed by atoms with van der Waals surface area (Å²) in [5, 5.41) is 15.2. The van der Waals surface area contributed by atoms with E-state index in [1.54, 1.807) is 0 Å². The normalized spacial score (nSPS) is 11.3. The number of halogens is 2. The molecule has 0 fully saturated rings. The Kier molecular flexibility index (Phi) is 9.46. The van der Waals surface area contributed by atoms with Gasteiger partial charge in [0.2, 0.25) is 0 Å². The lowest BCUT2D eigenvalue weighted by Crippen LogP contribution is -2.33. The molecule has 6 nitrogen and oxygen atoms in total. The van der Waals surface area contributed by atoms with E-state index in [0.717, 1.165) is 26.5 Å². The van der Waals surface area contributed by atoms with Crippen molar-refractivity contribution in [1.82, 2.24) is 5.32 Å². The number of hydrogen-bond donors (Lipinski definition) is 3. The van der Waals surface area contributed by atoms with E-state index in [1.807, 2.05) is 42.5 Å². The Morgan fingerprint density at radius 3 is 2.43 bits per heavy atom. The second-order valence-electron chi connectivity index (χ2n) is 6.09. The molecule has 2 aromatic rings. The van der Waals surface area contributed by atoms with Gasteiger partial charge in [0.1, 0.15) is 11.5 Å². The van der Waals surface area contributed by atoms with E-state index in [2.05, 4.69) is 42.3 Å². The van der Waals surface area contributed by atoms with Crippen LogP contribution in [-0.2, 0) is 17.6 Å². The lowest BCUT2D eigenvalue weighted by molar-refractivity contribution is -0.115. The van der Waals surface area contributed by atoms with Gasteiger partial charge >= 0.3 is 0 Å². The van der Waals surface area contributed by atoms with E-state index < -0.39 is 5.91 Å². The van der Waals surface area contributed by atoms with Gasteiger partial charge in [0.05, 0.1) is 15.6 Å². The molecule has 0 unspecified atom stereocenters. The summed E-state index contributed by atoms with van der Waals surface area (Å²) < 4.78 is 7.20. The van der Waals surface area contributed by atoms with E-state index in [0.29, 0.717) is 31.9 Å². The number of ether oxygens (including phenoxy) is 1. The molecule has 0 saturated heterocycles. The number of nitrogens with two attached hydrogens (primary N) is 1. The SMILES string of the molecule is NCCCOc1c(Br)cc(C/C(=N/O)C(=O)NCCc2ccccc2)cc1Br. The predicted octanol–water partition coefficient (Wildman–Crippen LogP) is 3.67. The first-order valence-electron chi connectivity index (χ1n) is 8.89. The first kappa shape index (κ1) is 22.4. The maximum Gasteiger partial charge on any atom is 0.269 e. The van der Waals surface area contributed by atoms with Crippen LogP contribution in [0, 0.1) is 0 Å². The fourth-order valence-electron chi connectivity index (χ4n) is 2.53. The summed E-state index contributed by atoms with van der Waals surface area (Å²) in [5.74, 6) is 0.279.